The Kier molecular flexibility index (Phi) is 4.44. The molecule has 1 aliphatic carbocycles. The molecule has 9 nitrogen and oxygen atoms in total. The number of carbonyl (C=O) groups is 2. The van der Waals surface area contributed by atoms with Crippen molar-refractivity contribution in [2.75, 3.05) is 13.1 Å². The Morgan fingerprint density at radius 1 is 1.35 bits per heavy atom. The van der Waals surface area contributed by atoms with Crippen LogP contribution in [0.2, 0.25) is 0 Å². The SMILES string of the molecule is CC1CC(C(=O)O)CN(C(=O)NCc2nnnn2CC2CC2)C1. The largest absolute Gasteiger partial charge is 0.481 e. The normalized spacial score (nSPS) is 24.5. The highest BCUT2D eigenvalue weighted by atomic mass is 16.4. The van der Waals surface area contributed by atoms with Crippen LogP contribution in [0.3, 0.4) is 0 Å². The number of hydrogen-bond donors (Lipinski definition) is 2. The molecule has 1 saturated carbocycles. The van der Waals surface area contributed by atoms with Gasteiger partial charge in [-0.15, -0.1) is 5.10 Å². The third kappa shape index (κ3) is 3.96. The van der Waals surface area contributed by atoms with Crippen molar-refractivity contribution in [3.63, 3.8) is 0 Å². The number of aromatic nitrogens is 4. The van der Waals surface area contributed by atoms with E-state index in [4.69, 9.17) is 0 Å². The van der Waals surface area contributed by atoms with E-state index in [9.17, 15) is 14.7 Å². The molecule has 0 spiro atoms. The summed E-state index contributed by atoms with van der Waals surface area (Å²) in [5.41, 5.74) is 0. The van der Waals surface area contributed by atoms with Gasteiger partial charge < -0.3 is 15.3 Å². The molecular weight excluding hydrogens is 300 g/mol. The zero-order valence-electron chi connectivity index (χ0n) is 13.2. The van der Waals surface area contributed by atoms with Gasteiger partial charge in [-0.1, -0.05) is 6.92 Å². The molecule has 3 rings (SSSR count). The smallest absolute Gasteiger partial charge is 0.317 e. The fraction of sp³-hybridized carbons (Fsp3) is 0.786. The fourth-order valence-corrected chi connectivity index (χ4v) is 3.00. The summed E-state index contributed by atoms with van der Waals surface area (Å²) in [7, 11) is 0. The second-order valence-electron chi connectivity index (χ2n) is 6.66. The third-order valence-electron chi connectivity index (χ3n) is 4.43. The standard InChI is InChI=1S/C14H22N6O3/c1-9-4-11(13(21)22)8-19(6-9)14(23)15-5-12-16-17-18-20(12)7-10-2-3-10/h9-11H,2-8H2,1H3,(H,15,23)(H,21,22). The average Bonchev–Trinajstić information content (AvgIpc) is 3.22. The molecular formula is C14H22N6O3. The molecule has 0 bridgehead atoms. The highest BCUT2D eigenvalue weighted by Gasteiger charge is 2.32. The van der Waals surface area contributed by atoms with E-state index in [1.807, 2.05) is 6.92 Å². The highest BCUT2D eigenvalue weighted by Crippen LogP contribution is 2.30. The Morgan fingerprint density at radius 3 is 2.83 bits per heavy atom. The Morgan fingerprint density at radius 2 is 2.13 bits per heavy atom. The Hall–Kier alpha value is -2.19. The van der Waals surface area contributed by atoms with Crippen molar-refractivity contribution in [2.24, 2.45) is 17.8 Å². The van der Waals surface area contributed by atoms with Crippen molar-refractivity contribution in [3.8, 4) is 0 Å². The number of nitrogens with one attached hydrogen (secondary N) is 1. The second kappa shape index (κ2) is 6.51. The van der Waals surface area contributed by atoms with Gasteiger partial charge in [0.25, 0.3) is 0 Å². The number of carboxylic acids is 1. The van der Waals surface area contributed by atoms with E-state index in [1.165, 1.54) is 12.8 Å². The van der Waals surface area contributed by atoms with Crippen molar-refractivity contribution in [1.82, 2.24) is 30.4 Å². The van der Waals surface area contributed by atoms with E-state index in [2.05, 4.69) is 20.8 Å². The first kappa shape index (κ1) is 15.7. The minimum atomic E-state index is -0.845. The van der Waals surface area contributed by atoms with Crippen molar-refractivity contribution >= 4 is 12.0 Å². The molecule has 2 unspecified atom stereocenters. The molecule has 2 amide bonds. The quantitative estimate of drug-likeness (QED) is 0.808. The number of carboxylic acid groups (broad SMARTS) is 1. The van der Waals surface area contributed by atoms with Gasteiger partial charge in [-0.3, -0.25) is 4.79 Å². The number of hydrogen-bond acceptors (Lipinski definition) is 5. The lowest BCUT2D eigenvalue weighted by Gasteiger charge is -2.34. The van der Waals surface area contributed by atoms with Crippen LogP contribution in [0.1, 0.15) is 32.0 Å². The molecule has 2 N–H and O–H groups in total. The molecule has 2 heterocycles. The molecule has 23 heavy (non-hydrogen) atoms. The van der Waals surface area contributed by atoms with Crippen LogP contribution >= 0.6 is 0 Å². The van der Waals surface area contributed by atoms with Crippen LogP contribution in [-0.2, 0) is 17.9 Å². The maximum Gasteiger partial charge on any atom is 0.317 e. The molecule has 2 atom stereocenters. The van der Waals surface area contributed by atoms with Gasteiger partial charge in [0.15, 0.2) is 5.82 Å². The monoisotopic (exact) mass is 322 g/mol. The third-order valence-corrected chi connectivity index (χ3v) is 4.43. The lowest BCUT2D eigenvalue weighted by Crippen LogP contribution is -2.49. The zero-order valence-corrected chi connectivity index (χ0v) is 13.2. The van der Waals surface area contributed by atoms with Crippen molar-refractivity contribution in [2.45, 2.75) is 39.3 Å². The minimum Gasteiger partial charge on any atom is -0.481 e. The number of aliphatic carboxylic acids is 1. The van der Waals surface area contributed by atoms with Gasteiger partial charge in [0.2, 0.25) is 0 Å². The van der Waals surface area contributed by atoms with E-state index in [-0.39, 0.29) is 25.0 Å². The van der Waals surface area contributed by atoms with Gasteiger partial charge in [-0.05, 0) is 41.5 Å². The molecule has 1 aliphatic heterocycles. The molecule has 126 valence electrons. The first-order chi connectivity index (χ1) is 11.0. The van der Waals surface area contributed by atoms with Crippen molar-refractivity contribution in [3.05, 3.63) is 5.82 Å². The molecule has 2 aliphatic rings. The van der Waals surface area contributed by atoms with Crippen LogP contribution in [0, 0.1) is 17.8 Å². The molecule has 1 aromatic heterocycles. The summed E-state index contributed by atoms with van der Waals surface area (Å²) >= 11 is 0. The van der Waals surface area contributed by atoms with E-state index in [0.29, 0.717) is 24.7 Å². The number of tetrazole rings is 1. The summed E-state index contributed by atoms with van der Waals surface area (Å²) in [6, 6.07) is -0.260. The van der Waals surface area contributed by atoms with Crippen LogP contribution in [0.5, 0.6) is 0 Å². The first-order valence-corrected chi connectivity index (χ1v) is 8.03. The van der Waals surface area contributed by atoms with Gasteiger partial charge in [-0.25, -0.2) is 9.48 Å². The number of urea groups is 1. The molecule has 0 aromatic carbocycles. The van der Waals surface area contributed by atoms with Crippen molar-refractivity contribution < 1.29 is 14.7 Å². The van der Waals surface area contributed by atoms with E-state index < -0.39 is 11.9 Å². The predicted octanol–water partition coefficient (Wildman–Crippen LogP) is 0.335. The van der Waals surface area contributed by atoms with Gasteiger partial charge >= 0.3 is 12.0 Å². The first-order valence-electron chi connectivity index (χ1n) is 8.03. The van der Waals surface area contributed by atoms with Crippen LogP contribution in [-0.4, -0.2) is 55.3 Å². The summed E-state index contributed by atoms with van der Waals surface area (Å²) < 4.78 is 1.73. The summed E-state index contributed by atoms with van der Waals surface area (Å²) in [5, 5.41) is 23.5. The molecule has 1 saturated heterocycles. The van der Waals surface area contributed by atoms with Crippen LogP contribution in [0.25, 0.3) is 0 Å². The second-order valence-corrected chi connectivity index (χ2v) is 6.66. The number of amides is 2. The summed E-state index contributed by atoms with van der Waals surface area (Å²) in [6.07, 6.45) is 3.01. The lowest BCUT2D eigenvalue weighted by molar-refractivity contribution is -0.143. The summed E-state index contributed by atoms with van der Waals surface area (Å²) in [5.74, 6) is 0.112. The number of rotatable bonds is 5. The van der Waals surface area contributed by atoms with Crippen molar-refractivity contribution in [1.29, 1.82) is 0 Å². The topological polar surface area (TPSA) is 113 Å². The number of likely N-dealkylation sites (tertiary alicyclic amines) is 1. The Bertz CT molecular complexity index is 585. The van der Waals surface area contributed by atoms with Gasteiger partial charge in [0.05, 0.1) is 12.5 Å². The Labute approximate surface area is 134 Å². The van der Waals surface area contributed by atoms with Crippen LogP contribution < -0.4 is 5.32 Å². The maximum atomic E-state index is 12.3. The zero-order chi connectivity index (χ0) is 16.4. The minimum absolute atomic E-state index is 0.177. The van der Waals surface area contributed by atoms with Gasteiger partial charge in [-0.2, -0.15) is 0 Å². The number of carbonyl (C=O) groups excluding carboxylic acids is 1. The molecule has 9 heteroatoms. The fourth-order valence-electron chi connectivity index (χ4n) is 3.00. The summed E-state index contributed by atoms with van der Waals surface area (Å²) in [4.78, 5) is 25.0. The van der Waals surface area contributed by atoms with Crippen LogP contribution in [0.4, 0.5) is 4.79 Å². The Balaban J connectivity index is 1.54. The molecule has 0 radical (unpaired) electrons. The number of piperidine rings is 1. The molecule has 1 aromatic rings. The highest BCUT2D eigenvalue weighted by molar-refractivity contribution is 5.76. The van der Waals surface area contributed by atoms with E-state index in [0.717, 1.165) is 6.54 Å². The van der Waals surface area contributed by atoms with E-state index >= 15 is 0 Å². The van der Waals surface area contributed by atoms with Gasteiger partial charge in [0.1, 0.15) is 0 Å². The summed E-state index contributed by atoms with van der Waals surface area (Å²) in [6.45, 7) is 3.83. The predicted molar refractivity (Wildman–Crippen MR) is 79.3 cm³/mol. The number of nitrogens with zero attached hydrogens (tertiary/aromatic N) is 5. The maximum absolute atomic E-state index is 12.3. The molecule has 2 fully saturated rings. The van der Waals surface area contributed by atoms with Gasteiger partial charge in [0, 0.05) is 19.6 Å². The lowest BCUT2D eigenvalue weighted by atomic mass is 9.91. The average molecular weight is 322 g/mol. The van der Waals surface area contributed by atoms with Crippen LogP contribution in [0.15, 0.2) is 0 Å². The van der Waals surface area contributed by atoms with E-state index in [1.54, 1.807) is 9.58 Å².